The molecule has 4 nitrogen and oxygen atoms in total. The van der Waals surface area contributed by atoms with Crippen molar-refractivity contribution >= 4 is 17.1 Å². The molecule has 0 saturated carbocycles. The van der Waals surface area contributed by atoms with Gasteiger partial charge in [-0.15, -0.1) is 0 Å². The molecule has 4 rings (SSSR count). The molecule has 0 aliphatic carbocycles. The summed E-state index contributed by atoms with van der Waals surface area (Å²) in [5, 5.41) is 7.02. The molecular formula is C21H27N3O. The smallest absolute Gasteiger partial charge is 0.0722 e. The molecule has 2 aliphatic heterocycles. The lowest BCUT2D eigenvalue weighted by Crippen LogP contribution is -2.41. The number of morpholine rings is 1. The van der Waals surface area contributed by atoms with Gasteiger partial charge in [0.05, 0.1) is 12.7 Å². The molecule has 132 valence electrons. The summed E-state index contributed by atoms with van der Waals surface area (Å²) in [6, 6.07) is 13.4. The van der Waals surface area contributed by atoms with Gasteiger partial charge in [-0.1, -0.05) is 6.07 Å². The Morgan fingerprint density at radius 3 is 2.92 bits per heavy atom. The van der Waals surface area contributed by atoms with Crippen molar-refractivity contribution < 1.29 is 4.74 Å². The molecule has 0 amide bonds. The van der Waals surface area contributed by atoms with Crippen molar-refractivity contribution in [2.75, 3.05) is 36.5 Å². The first-order valence-corrected chi connectivity index (χ1v) is 9.26. The summed E-state index contributed by atoms with van der Waals surface area (Å²) >= 11 is 0. The van der Waals surface area contributed by atoms with Crippen LogP contribution in [0.1, 0.15) is 23.6 Å². The quantitative estimate of drug-likeness (QED) is 0.897. The van der Waals surface area contributed by atoms with E-state index < -0.39 is 0 Å². The van der Waals surface area contributed by atoms with E-state index in [1.54, 1.807) is 0 Å². The molecule has 2 aromatic carbocycles. The number of anilines is 3. The van der Waals surface area contributed by atoms with Crippen molar-refractivity contribution in [3.8, 4) is 0 Å². The minimum atomic E-state index is 0.303. The zero-order chi connectivity index (χ0) is 17.2. The molecule has 0 aromatic heterocycles. The van der Waals surface area contributed by atoms with Crippen LogP contribution in [-0.4, -0.2) is 32.3 Å². The van der Waals surface area contributed by atoms with Crippen LogP contribution in [-0.2, 0) is 17.7 Å². The second-order valence-corrected chi connectivity index (χ2v) is 7.16. The second-order valence-electron chi connectivity index (χ2n) is 7.16. The van der Waals surface area contributed by atoms with Crippen molar-refractivity contribution in [2.45, 2.75) is 32.9 Å². The third kappa shape index (κ3) is 3.65. The maximum atomic E-state index is 5.65. The van der Waals surface area contributed by atoms with Crippen LogP contribution in [0.5, 0.6) is 0 Å². The first-order valence-electron chi connectivity index (χ1n) is 9.26. The zero-order valence-electron chi connectivity index (χ0n) is 15.1. The number of benzene rings is 2. The van der Waals surface area contributed by atoms with Crippen molar-refractivity contribution in [3.05, 3.63) is 53.1 Å². The molecule has 0 bridgehead atoms. The summed E-state index contributed by atoms with van der Waals surface area (Å²) in [7, 11) is 0. The Labute approximate surface area is 150 Å². The van der Waals surface area contributed by atoms with E-state index in [0.29, 0.717) is 6.10 Å². The fraction of sp³-hybridized carbons (Fsp3) is 0.429. The van der Waals surface area contributed by atoms with Gasteiger partial charge in [-0.2, -0.15) is 0 Å². The van der Waals surface area contributed by atoms with Crippen LogP contribution in [0.3, 0.4) is 0 Å². The Hall–Kier alpha value is -2.04. The highest BCUT2D eigenvalue weighted by Gasteiger charge is 2.17. The summed E-state index contributed by atoms with van der Waals surface area (Å²) < 4.78 is 5.65. The van der Waals surface area contributed by atoms with E-state index in [0.717, 1.165) is 39.2 Å². The van der Waals surface area contributed by atoms with Gasteiger partial charge in [0, 0.05) is 36.7 Å². The van der Waals surface area contributed by atoms with E-state index >= 15 is 0 Å². The number of hydrogen-bond acceptors (Lipinski definition) is 4. The Bertz CT molecular complexity index is 759. The van der Waals surface area contributed by atoms with Crippen LogP contribution >= 0.6 is 0 Å². The minimum Gasteiger partial charge on any atom is -0.375 e. The summed E-state index contributed by atoms with van der Waals surface area (Å²) in [5.41, 5.74) is 7.80. The largest absolute Gasteiger partial charge is 0.375 e. The molecule has 0 radical (unpaired) electrons. The van der Waals surface area contributed by atoms with Crippen molar-refractivity contribution in [1.29, 1.82) is 0 Å². The van der Waals surface area contributed by atoms with Crippen molar-refractivity contribution in [2.24, 2.45) is 0 Å². The molecule has 25 heavy (non-hydrogen) atoms. The zero-order valence-corrected chi connectivity index (χ0v) is 15.1. The normalized spacial score (nSPS) is 20.2. The van der Waals surface area contributed by atoms with E-state index in [1.165, 1.54) is 33.8 Å². The predicted molar refractivity (Wildman–Crippen MR) is 104 cm³/mol. The number of aryl methyl sites for hydroxylation is 1. The number of rotatable bonds is 3. The van der Waals surface area contributed by atoms with Gasteiger partial charge in [0.1, 0.15) is 0 Å². The van der Waals surface area contributed by atoms with Crippen LogP contribution in [0.4, 0.5) is 17.1 Å². The Balaban J connectivity index is 1.51. The molecule has 1 atom stereocenters. The highest BCUT2D eigenvalue weighted by atomic mass is 16.5. The lowest BCUT2D eigenvalue weighted by molar-refractivity contribution is 0.0532. The van der Waals surface area contributed by atoms with Crippen molar-refractivity contribution in [3.63, 3.8) is 0 Å². The minimum absolute atomic E-state index is 0.303. The van der Waals surface area contributed by atoms with Crippen LogP contribution < -0.4 is 15.5 Å². The van der Waals surface area contributed by atoms with E-state index in [-0.39, 0.29) is 0 Å². The topological polar surface area (TPSA) is 36.5 Å². The van der Waals surface area contributed by atoms with Crippen molar-refractivity contribution in [1.82, 2.24) is 5.32 Å². The van der Waals surface area contributed by atoms with Gasteiger partial charge in [0.15, 0.2) is 0 Å². The van der Waals surface area contributed by atoms with E-state index in [1.807, 2.05) is 0 Å². The van der Waals surface area contributed by atoms with Gasteiger partial charge in [0.25, 0.3) is 0 Å². The summed E-state index contributed by atoms with van der Waals surface area (Å²) in [5.74, 6) is 0. The molecule has 2 N–H and O–H groups in total. The first-order chi connectivity index (χ1) is 12.2. The van der Waals surface area contributed by atoms with E-state index in [4.69, 9.17) is 4.74 Å². The molecule has 2 aliphatic rings. The van der Waals surface area contributed by atoms with Crippen LogP contribution in [0.15, 0.2) is 36.4 Å². The highest BCUT2D eigenvalue weighted by molar-refractivity contribution is 5.67. The van der Waals surface area contributed by atoms with Gasteiger partial charge in [-0.05, 0) is 73.8 Å². The summed E-state index contributed by atoms with van der Waals surface area (Å²) in [6.45, 7) is 9.12. The maximum absolute atomic E-state index is 5.65. The SMILES string of the molecule is Cc1cc(N2CCOC(C)C2)ccc1Nc1ccc2c(c1)CCNC2. The fourth-order valence-electron chi connectivity index (χ4n) is 3.75. The molecule has 2 aromatic rings. The Morgan fingerprint density at radius 2 is 2.08 bits per heavy atom. The number of hydrogen-bond donors (Lipinski definition) is 2. The van der Waals surface area contributed by atoms with Gasteiger partial charge in [0.2, 0.25) is 0 Å². The molecule has 2 heterocycles. The molecule has 1 fully saturated rings. The van der Waals surface area contributed by atoms with Crippen LogP contribution in [0.25, 0.3) is 0 Å². The lowest BCUT2D eigenvalue weighted by Gasteiger charge is -2.33. The first kappa shape index (κ1) is 16.4. The molecule has 0 spiro atoms. The number of fused-ring (bicyclic) bond motifs is 1. The third-order valence-electron chi connectivity index (χ3n) is 5.19. The number of ether oxygens (including phenoxy) is 1. The molecule has 4 heteroatoms. The monoisotopic (exact) mass is 337 g/mol. The number of nitrogens with one attached hydrogen (secondary N) is 2. The summed E-state index contributed by atoms with van der Waals surface area (Å²) in [6.07, 6.45) is 1.41. The second kappa shape index (κ2) is 7.06. The molecule has 1 unspecified atom stereocenters. The maximum Gasteiger partial charge on any atom is 0.0722 e. The summed E-state index contributed by atoms with van der Waals surface area (Å²) in [4.78, 5) is 2.41. The molecular weight excluding hydrogens is 310 g/mol. The average Bonchev–Trinajstić information content (AvgIpc) is 2.63. The molecule has 1 saturated heterocycles. The van der Waals surface area contributed by atoms with Gasteiger partial charge in [-0.25, -0.2) is 0 Å². The van der Waals surface area contributed by atoms with E-state index in [2.05, 4.69) is 65.8 Å². The van der Waals surface area contributed by atoms with E-state index in [9.17, 15) is 0 Å². The predicted octanol–water partition coefficient (Wildman–Crippen LogP) is 3.61. The average molecular weight is 337 g/mol. The van der Waals surface area contributed by atoms with Crippen LogP contribution in [0, 0.1) is 6.92 Å². The highest BCUT2D eigenvalue weighted by Crippen LogP contribution is 2.28. The third-order valence-corrected chi connectivity index (χ3v) is 5.19. The Morgan fingerprint density at radius 1 is 1.16 bits per heavy atom. The van der Waals surface area contributed by atoms with Gasteiger partial charge in [-0.3, -0.25) is 0 Å². The van der Waals surface area contributed by atoms with Gasteiger partial charge < -0.3 is 20.3 Å². The van der Waals surface area contributed by atoms with Crippen LogP contribution in [0.2, 0.25) is 0 Å². The lowest BCUT2D eigenvalue weighted by atomic mass is 10.0. The Kier molecular flexibility index (Phi) is 4.64. The number of nitrogens with zero attached hydrogens (tertiary/aromatic N) is 1. The standard InChI is InChI=1S/C21H27N3O/c1-15-11-20(24-9-10-25-16(2)14-24)5-6-21(15)23-19-4-3-18-13-22-8-7-17(18)12-19/h3-6,11-12,16,22-23H,7-10,13-14H2,1-2H3. The fourth-order valence-corrected chi connectivity index (χ4v) is 3.75. The van der Waals surface area contributed by atoms with Gasteiger partial charge >= 0.3 is 0 Å².